The standard InChI is InChI=1S/C28H27F5N8O3/c1-15-19(4-16(6-34-15)22-37-25(44-38-22)27(33)13-39(14-27)8-21(29)30)36-23(42)18-7-35-41-3-2-17(5-20(18)41)40-11-26(12-40)9-28(43,10-26)24(31)32/h2-7,21,24,43H,8-14H2,1H3,(H,36,42). The van der Waals surface area contributed by atoms with Gasteiger partial charge >= 0.3 is 0 Å². The Hall–Kier alpha value is -4.18. The number of likely N-dealkylation sites (tertiary alicyclic amines) is 1. The van der Waals surface area contributed by atoms with Crippen molar-refractivity contribution < 1.29 is 36.4 Å². The topological polar surface area (TPSA) is 125 Å². The molecular weight excluding hydrogens is 591 g/mol. The third kappa shape index (κ3) is 4.76. The summed E-state index contributed by atoms with van der Waals surface area (Å²) in [7, 11) is 0. The van der Waals surface area contributed by atoms with Crippen LogP contribution in [0.3, 0.4) is 0 Å². The molecule has 0 aromatic carbocycles. The molecule has 0 radical (unpaired) electrons. The number of pyridine rings is 2. The first-order chi connectivity index (χ1) is 20.9. The van der Waals surface area contributed by atoms with Crippen LogP contribution in [0, 0.1) is 12.3 Å². The summed E-state index contributed by atoms with van der Waals surface area (Å²) in [5.41, 5.74) is -1.48. The molecule has 2 N–H and O–H groups in total. The van der Waals surface area contributed by atoms with Gasteiger partial charge in [-0.15, -0.1) is 0 Å². The zero-order chi connectivity index (χ0) is 31.0. The van der Waals surface area contributed by atoms with E-state index in [1.165, 1.54) is 17.3 Å². The lowest BCUT2D eigenvalue weighted by atomic mass is 9.55. The molecule has 44 heavy (non-hydrogen) atoms. The second-order valence-electron chi connectivity index (χ2n) is 12.1. The van der Waals surface area contributed by atoms with Crippen LogP contribution >= 0.6 is 0 Å². The molecule has 0 bridgehead atoms. The van der Waals surface area contributed by atoms with Crippen molar-refractivity contribution >= 4 is 22.8 Å². The SMILES string of the molecule is Cc1ncc(-c2noc(C3(F)CN(CC(F)F)C3)n2)cc1NC(=O)c1cnn2ccc(N3CC4(C3)CC(O)(C(F)F)C4)cc12. The molecular formula is C28H27F5N8O3. The number of nitrogens with zero attached hydrogens (tertiary/aromatic N) is 7. The molecule has 232 valence electrons. The zero-order valence-electron chi connectivity index (χ0n) is 23.4. The van der Waals surface area contributed by atoms with Crippen molar-refractivity contribution in [2.75, 3.05) is 42.9 Å². The van der Waals surface area contributed by atoms with Crippen LogP contribution in [-0.4, -0.2) is 91.8 Å². The van der Waals surface area contributed by atoms with Crippen LogP contribution in [0.2, 0.25) is 0 Å². The first kappa shape index (κ1) is 28.6. The fraction of sp³-hybridized carbons (Fsp3) is 0.464. The maximum absolute atomic E-state index is 15.1. The van der Waals surface area contributed by atoms with Crippen molar-refractivity contribution in [3.8, 4) is 11.4 Å². The van der Waals surface area contributed by atoms with Gasteiger partial charge in [-0.2, -0.15) is 10.1 Å². The molecule has 0 atom stereocenters. The van der Waals surface area contributed by atoms with Crippen molar-refractivity contribution in [2.45, 2.75) is 43.9 Å². The Bertz CT molecular complexity index is 1740. The first-order valence-electron chi connectivity index (χ1n) is 13.9. The van der Waals surface area contributed by atoms with Gasteiger partial charge in [0.15, 0.2) is 0 Å². The van der Waals surface area contributed by atoms with Crippen molar-refractivity contribution in [2.24, 2.45) is 5.41 Å². The van der Waals surface area contributed by atoms with E-state index >= 15 is 4.39 Å². The summed E-state index contributed by atoms with van der Waals surface area (Å²) in [6, 6.07) is 5.19. The number of aryl methyl sites for hydroxylation is 1. The van der Waals surface area contributed by atoms with Crippen LogP contribution in [0.15, 0.2) is 41.3 Å². The van der Waals surface area contributed by atoms with Gasteiger partial charge in [0.05, 0.1) is 35.2 Å². The van der Waals surface area contributed by atoms with Gasteiger partial charge in [-0.05, 0) is 38.0 Å². The Labute approximate surface area is 246 Å². The van der Waals surface area contributed by atoms with Crippen molar-refractivity contribution in [3.05, 3.63) is 53.9 Å². The molecule has 3 fully saturated rings. The molecule has 1 aliphatic carbocycles. The maximum Gasteiger partial charge on any atom is 0.267 e. The fourth-order valence-electron chi connectivity index (χ4n) is 6.53. The number of anilines is 2. The van der Waals surface area contributed by atoms with Gasteiger partial charge in [0.2, 0.25) is 11.5 Å². The van der Waals surface area contributed by atoms with E-state index in [9.17, 15) is 27.5 Å². The minimum Gasteiger partial charge on any atom is -0.384 e. The van der Waals surface area contributed by atoms with Gasteiger partial charge in [0, 0.05) is 55.2 Å². The Morgan fingerprint density at radius 1 is 1.14 bits per heavy atom. The van der Waals surface area contributed by atoms with Crippen LogP contribution in [0.25, 0.3) is 16.9 Å². The third-order valence-electron chi connectivity index (χ3n) is 8.68. The van der Waals surface area contributed by atoms with Gasteiger partial charge in [-0.3, -0.25) is 14.7 Å². The molecule has 11 nitrogen and oxygen atoms in total. The lowest BCUT2D eigenvalue weighted by molar-refractivity contribution is -0.209. The first-order valence-corrected chi connectivity index (χ1v) is 13.9. The summed E-state index contributed by atoms with van der Waals surface area (Å²) in [6.45, 7) is 1.64. The normalized spacial score (nSPS) is 20.2. The molecule has 7 rings (SSSR count). The quantitative estimate of drug-likeness (QED) is 0.285. The molecule has 1 saturated carbocycles. The molecule has 4 aromatic rings. The number of alkyl halides is 5. The van der Waals surface area contributed by atoms with Crippen LogP contribution < -0.4 is 10.2 Å². The Kier molecular flexibility index (Phi) is 6.44. The third-order valence-corrected chi connectivity index (χ3v) is 8.68. The largest absolute Gasteiger partial charge is 0.384 e. The second-order valence-corrected chi connectivity index (χ2v) is 12.1. The average Bonchev–Trinajstić information content (AvgIpc) is 3.57. The van der Waals surface area contributed by atoms with Crippen LogP contribution in [-0.2, 0) is 5.67 Å². The summed E-state index contributed by atoms with van der Waals surface area (Å²) in [5, 5.41) is 20.9. The Balaban J connectivity index is 1.05. The number of aromatic nitrogens is 5. The van der Waals surface area contributed by atoms with Gasteiger partial charge in [0.25, 0.3) is 24.6 Å². The lowest BCUT2D eigenvalue weighted by Gasteiger charge is -2.62. The molecule has 2 aliphatic heterocycles. The minimum atomic E-state index is -2.77. The van der Waals surface area contributed by atoms with E-state index < -0.39 is 36.6 Å². The van der Waals surface area contributed by atoms with Crippen molar-refractivity contribution in [1.82, 2.24) is 29.6 Å². The molecule has 3 aliphatic rings. The monoisotopic (exact) mass is 618 g/mol. The second kappa shape index (κ2) is 9.92. The highest BCUT2D eigenvalue weighted by atomic mass is 19.3. The van der Waals surface area contributed by atoms with Gasteiger partial charge in [0.1, 0.15) is 5.60 Å². The summed E-state index contributed by atoms with van der Waals surface area (Å²) in [6.07, 6.45) is -0.648. The highest BCUT2D eigenvalue weighted by Gasteiger charge is 2.63. The number of carbonyl (C=O) groups excluding carboxylic acids is 1. The van der Waals surface area contributed by atoms with Gasteiger partial charge in [-0.1, -0.05) is 5.16 Å². The number of aliphatic hydroxyl groups is 1. The Morgan fingerprint density at radius 2 is 1.89 bits per heavy atom. The van der Waals surface area contributed by atoms with E-state index in [1.54, 1.807) is 29.8 Å². The predicted octanol–water partition coefficient (Wildman–Crippen LogP) is 3.68. The number of rotatable bonds is 8. The highest BCUT2D eigenvalue weighted by molar-refractivity contribution is 6.09. The predicted molar refractivity (Wildman–Crippen MR) is 145 cm³/mol. The summed E-state index contributed by atoms with van der Waals surface area (Å²) in [5.74, 6) is -0.759. The van der Waals surface area contributed by atoms with Crippen molar-refractivity contribution in [1.29, 1.82) is 0 Å². The van der Waals surface area contributed by atoms with Crippen molar-refractivity contribution in [3.63, 3.8) is 0 Å². The molecule has 6 heterocycles. The molecule has 16 heteroatoms. The van der Waals surface area contributed by atoms with E-state index in [0.29, 0.717) is 35.6 Å². The number of carbonyl (C=O) groups is 1. The average molecular weight is 619 g/mol. The van der Waals surface area contributed by atoms with Gasteiger partial charge in [-0.25, -0.2) is 26.5 Å². The van der Waals surface area contributed by atoms with Gasteiger partial charge < -0.3 is 19.8 Å². The van der Waals surface area contributed by atoms with Crippen LogP contribution in [0.5, 0.6) is 0 Å². The van der Waals surface area contributed by atoms with E-state index in [2.05, 4.69) is 25.5 Å². The highest BCUT2D eigenvalue weighted by Crippen LogP contribution is 2.56. The molecule has 1 amide bonds. The Morgan fingerprint density at radius 3 is 2.59 bits per heavy atom. The lowest BCUT2D eigenvalue weighted by Crippen LogP contribution is -2.70. The molecule has 4 aromatic heterocycles. The van der Waals surface area contributed by atoms with Crippen LogP contribution in [0.1, 0.15) is 34.8 Å². The fourth-order valence-corrected chi connectivity index (χ4v) is 6.53. The number of nitrogens with one attached hydrogen (secondary N) is 1. The summed E-state index contributed by atoms with van der Waals surface area (Å²) in [4.78, 5) is 25.0. The summed E-state index contributed by atoms with van der Waals surface area (Å²) >= 11 is 0. The number of halogens is 5. The van der Waals surface area contributed by atoms with E-state index in [0.717, 1.165) is 5.69 Å². The van der Waals surface area contributed by atoms with E-state index in [4.69, 9.17) is 4.52 Å². The summed E-state index contributed by atoms with van der Waals surface area (Å²) < 4.78 is 73.0. The smallest absolute Gasteiger partial charge is 0.267 e. The molecule has 2 saturated heterocycles. The number of hydrogen-bond donors (Lipinski definition) is 2. The zero-order valence-corrected chi connectivity index (χ0v) is 23.4. The van der Waals surface area contributed by atoms with E-state index in [-0.39, 0.29) is 48.6 Å². The maximum atomic E-state index is 15.1. The molecule has 1 spiro atoms. The number of hydrogen-bond acceptors (Lipinski definition) is 9. The number of amides is 1. The number of fused-ring (bicyclic) bond motifs is 1. The molecule has 0 unspecified atom stereocenters. The van der Waals surface area contributed by atoms with E-state index in [1.807, 2.05) is 11.0 Å². The minimum absolute atomic E-state index is 0.0266. The van der Waals surface area contributed by atoms with Crippen LogP contribution in [0.4, 0.5) is 33.3 Å².